The van der Waals surface area contributed by atoms with Crippen molar-refractivity contribution in [3.63, 3.8) is 0 Å². The van der Waals surface area contributed by atoms with Gasteiger partial charge in [0.2, 0.25) is 0 Å². The van der Waals surface area contributed by atoms with Gasteiger partial charge in [0.05, 0.1) is 33.5 Å². The maximum absolute atomic E-state index is 13.1. The molecule has 2 N–H and O–H groups in total. The largest absolute Gasteiger partial charge is 0.383 e. The molecule has 4 aromatic rings. The Balaban J connectivity index is 1.42. The van der Waals surface area contributed by atoms with Crippen LogP contribution in [0, 0.1) is 5.92 Å². The number of ether oxygens (including phenoxy) is 1. The number of hydrogen-bond donors (Lipinski definition) is 2. The Morgan fingerprint density at radius 3 is 2.91 bits per heavy atom. The molecule has 0 radical (unpaired) electrons. The van der Waals surface area contributed by atoms with Crippen LogP contribution in [0.5, 0.6) is 0 Å². The number of hydrogen-bond acceptors (Lipinski definition) is 6. The van der Waals surface area contributed by atoms with E-state index in [4.69, 9.17) is 9.84 Å². The molecule has 180 valence electrons. The number of carbonyl (C=O) groups is 2. The predicted molar refractivity (Wildman–Crippen MR) is 137 cm³/mol. The molecule has 1 saturated heterocycles. The van der Waals surface area contributed by atoms with Gasteiger partial charge in [-0.15, -0.1) is 11.3 Å². The highest BCUT2D eigenvalue weighted by molar-refractivity contribution is 7.17. The summed E-state index contributed by atoms with van der Waals surface area (Å²) in [5.74, 6) is -0.312. The molecule has 2 aliphatic rings. The molecular formula is C26H27N5O3S. The summed E-state index contributed by atoms with van der Waals surface area (Å²) in [6, 6.07) is 9.95. The quantitative estimate of drug-likeness (QED) is 0.388. The van der Waals surface area contributed by atoms with Gasteiger partial charge in [-0.1, -0.05) is 18.2 Å². The van der Waals surface area contributed by atoms with Crippen molar-refractivity contribution in [3.8, 4) is 0 Å². The molecule has 2 aliphatic heterocycles. The van der Waals surface area contributed by atoms with E-state index in [1.807, 2.05) is 46.6 Å². The third-order valence-electron chi connectivity index (χ3n) is 7.02. The minimum atomic E-state index is -0.394. The second kappa shape index (κ2) is 9.07. The van der Waals surface area contributed by atoms with Gasteiger partial charge in [0.25, 0.3) is 11.8 Å². The number of amides is 2. The standard InChI is InChI=1S/C26H27N5O3S/c1-34-11-10-30-9-4-5-16(14-30)15-31-20-7-3-2-6-17(20)23(29-31)22-21(25(32)28-26(22)33)18-13-27-19-8-12-35-24(18)19/h2-3,6-8,12-13,16,27H,4-5,9-11,14-15H2,1H3,(H,28,32,33). The topological polar surface area (TPSA) is 92.2 Å². The lowest BCUT2D eigenvalue weighted by atomic mass is 9.98. The summed E-state index contributed by atoms with van der Waals surface area (Å²) in [6.45, 7) is 4.53. The molecule has 0 bridgehead atoms. The molecule has 35 heavy (non-hydrogen) atoms. The Bertz CT molecular complexity index is 1460. The van der Waals surface area contributed by atoms with E-state index >= 15 is 0 Å². The number of piperidine rings is 1. The molecule has 3 aromatic heterocycles. The summed E-state index contributed by atoms with van der Waals surface area (Å²) in [6.07, 6.45) is 4.10. The van der Waals surface area contributed by atoms with Gasteiger partial charge < -0.3 is 14.6 Å². The second-order valence-electron chi connectivity index (χ2n) is 9.25. The lowest BCUT2D eigenvalue weighted by Gasteiger charge is -2.32. The number of H-pyrrole nitrogens is 1. The summed E-state index contributed by atoms with van der Waals surface area (Å²) in [7, 11) is 1.74. The van der Waals surface area contributed by atoms with Crippen LogP contribution in [0.2, 0.25) is 0 Å². The van der Waals surface area contributed by atoms with E-state index in [1.165, 1.54) is 0 Å². The van der Waals surface area contributed by atoms with E-state index in [-0.39, 0.29) is 5.91 Å². The minimum absolute atomic E-state index is 0.351. The number of thiophene rings is 1. The Hall–Kier alpha value is -3.27. The number of rotatable bonds is 7. The number of carbonyl (C=O) groups excluding carboxylic acids is 2. The second-order valence-corrected chi connectivity index (χ2v) is 10.2. The summed E-state index contributed by atoms with van der Waals surface area (Å²) in [4.78, 5) is 31.7. The summed E-state index contributed by atoms with van der Waals surface area (Å²) in [5, 5.41) is 10.3. The molecule has 1 unspecified atom stereocenters. The SMILES string of the molecule is COCCN1CCCC(Cn2nc(C3=C(c4c[nH]c5ccsc45)C(=O)NC3=O)c3ccccc32)C1. The molecule has 0 aliphatic carbocycles. The molecule has 0 spiro atoms. The van der Waals surface area contributed by atoms with Crippen LogP contribution in [0.15, 0.2) is 41.9 Å². The molecule has 2 amide bonds. The van der Waals surface area contributed by atoms with Crippen LogP contribution in [0.1, 0.15) is 24.1 Å². The van der Waals surface area contributed by atoms with Crippen molar-refractivity contribution in [3.05, 3.63) is 53.2 Å². The van der Waals surface area contributed by atoms with Gasteiger partial charge >= 0.3 is 0 Å². The molecule has 5 heterocycles. The number of aromatic amines is 1. The smallest absolute Gasteiger partial charge is 0.261 e. The van der Waals surface area contributed by atoms with Gasteiger partial charge in [-0.25, -0.2) is 0 Å². The Morgan fingerprint density at radius 1 is 1.17 bits per heavy atom. The lowest BCUT2D eigenvalue weighted by molar-refractivity contribution is -0.122. The maximum atomic E-state index is 13.1. The average Bonchev–Trinajstić information content (AvgIpc) is 3.62. The first-order chi connectivity index (χ1) is 17.1. The normalized spacial score (nSPS) is 19.4. The van der Waals surface area contributed by atoms with Crippen molar-refractivity contribution in [2.45, 2.75) is 19.4 Å². The Morgan fingerprint density at radius 2 is 2.03 bits per heavy atom. The van der Waals surface area contributed by atoms with Crippen molar-refractivity contribution >= 4 is 55.4 Å². The monoisotopic (exact) mass is 489 g/mol. The summed E-state index contributed by atoms with van der Waals surface area (Å²) < 4.78 is 8.25. The van der Waals surface area contributed by atoms with Gasteiger partial charge in [-0.05, 0) is 42.8 Å². The first-order valence-corrected chi connectivity index (χ1v) is 12.8. The Labute approximate surface area is 206 Å². The van der Waals surface area contributed by atoms with Crippen molar-refractivity contribution in [1.82, 2.24) is 25.0 Å². The van der Waals surface area contributed by atoms with E-state index in [2.05, 4.69) is 15.2 Å². The number of imide groups is 1. The van der Waals surface area contributed by atoms with Crippen LogP contribution >= 0.6 is 11.3 Å². The van der Waals surface area contributed by atoms with Gasteiger partial charge in [0.15, 0.2) is 0 Å². The maximum Gasteiger partial charge on any atom is 0.261 e. The van der Waals surface area contributed by atoms with Crippen LogP contribution in [0.4, 0.5) is 0 Å². The summed E-state index contributed by atoms with van der Waals surface area (Å²) in [5.41, 5.74) is 3.98. The number of nitrogens with zero attached hydrogens (tertiary/aromatic N) is 3. The number of nitrogens with one attached hydrogen (secondary N) is 2. The van der Waals surface area contributed by atoms with Gasteiger partial charge in [-0.2, -0.15) is 5.10 Å². The molecule has 0 saturated carbocycles. The van der Waals surface area contributed by atoms with Crippen LogP contribution in [-0.4, -0.2) is 64.8 Å². The zero-order valence-electron chi connectivity index (χ0n) is 19.5. The molecule has 1 fully saturated rings. The molecule has 1 atom stereocenters. The van der Waals surface area contributed by atoms with E-state index in [1.54, 1.807) is 18.4 Å². The first kappa shape index (κ1) is 22.2. The molecule has 9 heteroatoms. The molecular weight excluding hydrogens is 462 g/mol. The van der Waals surface area contributed by atoms with E-state index < -0.39 is 5.91 Å². The van der Waals surface area contributed by atoms with Crippen LogP contribution in [0.25, 0.3) is 32.3 Å². The number of likely N-dealkylation sites (tertiary alicyclic amines) is 1. The highest BCUT2D eigenvalue weighted by Crippen LogP contribution is 2.38. The van der Waals surface area contributed by atoms with Crippen LogP contribution in [0.3, 0.4) is 0 Å². The fourth-order valence-electron chi connectivity index (χ4n) is 5.39. The molecule has 1 aromatic carbocycles. The fourth-order valence-corrected chi connectivity index (χ4v) is 6.27. The first-order valence-electron chi connectivity index (χ1n) is 12.0. The van der Waals surface area contributed by atoms with Gasteiger partial charge in [-0.3, -0.25) is 19.6 Å². The predicted octanol–water partition coefficient (Wildman–Crippen LogP) is 3.50. The number of fused-ring (bicyclic) bond motifs is 2. The fraction of sp³-hybridized carbons (Fsp3) is 0.346. The number of methoxy groups -OCH3 is 1. The highest BCUT2D eigenvalue weighted by atomic mass is 32.1. The highest BCUT2D eigenvalue weighted by Gasteiger charge is 2.36. The molecule has 8 nitrogen and oxygen atoms in total. The third kappa shape index (κ3) is 3.89. The Kier molecular flexibility index (Phi) is 5.75. The minimum Gasteiger partial charge on any atom is -0.383 e. The van der Waals surface area contributed by atoms with E-state index in [9.17, 15) is 9.59 Å². The van der Waals surface area contributed by atoms with Gasteiger partial charge in [0, 0.05) is 43.9 Å². The lowest BCUT2D eigenvalue weighted by Crippen LogP contribution is -2.38. The number of benzene rings is 1. The van der Waals surface area contributed by atoms with Crippen molar-refractivity contribution in [2.24, 2.45) is 5.92 Å². The van der Waals surface area contributed by atoms with Crippen molar-refractivity contribution in [1.29, 1.82) is 0 Å². The molecule has 6 rings (SSSR count). The zero-order chi connectivity index (χ0) is 23.9. The summed E-state index contributed by atoms with van der Waals surface area (Å²) >= 11 is 1.55. The average molecular weight is 490 g/mol. The van der Waals surface area contributed by atoms with Crippen LogP contribution < -0.4 is 5.32 Å². The van der Waals surface area contributed by atoms with Crippen molar-refractivity contribution < 1.29 is 14.3 Å². The van der Waals surface area contributed by atoms with E-state index in [0.717, 1.165) is 72.3 Å². The van der Waals surface area contributed by atoms with Crippen molar-refractivity contribution in [2.75, 3.05) is 33.4 Å². The number of para-hydroxylation sites is 1. The number of aromatic nitrogens is 3. The van der Waals surface area contributed by atoms with Gasteiger partial charge in [0.1, 0.15) is 5.69 Å². The van der Waals surface area contributed by atoms with E-state index in [0.29, 0.717) is 22.8 Å². The zero-order valence-corrected chi connectivity index (χ0v) is 20.4. The van der Waals surface area contributed by atoms with Crippen LogP contribution in [-0.2, 0) is 20.9 Å². The third-order valence-corrected chi connectivity index (χ3v) is 7.97.